The third-order valence-corrected chi connectivity index (χ3v) is 17.1. The summed E-state index contributed by atoms with van der Waals surface area (Å²) in [7, 11) is 0. The van der Waals surface area contributed by atoms with Gasteiger partial charge >= 0.3 is 0 Å². The van der Waals surface area contributed by atoms with Crippen LogP contribution in [0.5, 0.6) is 0 Å². The molecular weight excluding hydrogens is 1200 g/mol. The smallest absolute Gasteiger partial charge is 0.187 e. The van der Waals surface area contributed by atoms with E-state index in [9.17, 15) is 112 Å². The maximum absolute atomic E-state index is 11.4. The van der Waals surface area contributed by atoms with Gasteiger partial charge < -0.3 is 193 Å². The van der Waals surface area contributed by atoms with Crippen molar-refractivity contribution in [2.24, 2.45) is 0 Å². The summed E-state index contributed by atoms with van der Waals surface area (Å²) in [5.41, 5.74) is 0. The third-order valence-electron chi connectivity index (χ3n) is 17.1. The second-order valence-corrected chi connectivity index (χ2v) is 22.5. The molecule has 0 aliphatic carbocycles. The highest BCUT2D eigenvalue weighted by atomic mass is 16.8. The number of ether oxygens (including phenoxy) is 17. The predicted octanol–water partition coefficient (Wildman–Crippen LogP) is -16.4. The highest BCUT2D eigenvalue weighted by molar-refractivity contribution is 5.06. The van der Waals surface area contributed by atoms with Gasteiger partial charge in [-0.05, 0) is 0 Å². The lowest BCUT2D eigenvalue weighted by molar-refractivity contribution is -0.400. The molecular formula is C48H78O39. The van der Waals surface area contributed by atoms with E-state index in [-0.39, 0.29) is 0 Å². The number of rotatable bonds is 8. The van der Waals surface area contributed by atoms with E-state index in [1.807, 2.05) is 0 Å². The first-order valence-electron chi connectivity index (χ1n) is 28.1. The van der Waals surface area contributed by atoms with Crippen molar-refractivity contribution in [1.82, 2.24) is 0 Å². The molecule has 40 atom stereocenters. The second kappa shape index (κ2) is 28.6. The fourth-order valence-corrected chi connectivity index (χ4v) is 12.2. The van der Waals surface area contributed by atoms with Crippen LogP contribution in [0.2, 0.25) is 0 Å². The van der Waals surface area contributed by atoms with E-state index in [4.69, 9.17) is 80.5 Å². The Hall–Kier alpha value is -1.56. The van der Waals surface area contributed by atoms with Crippen LogP contribution in [0.1, 0.15) is 0 Å². The molecule has 0 aromatic heterocycles. The molecule has 28 saturated heterocycles. The van der Waals surface area contributed by atoms with Gasteiger partial charge in [0.2, 0.25) is 0 Å². The van der Waals surface area contributed by atoms with Gasteiger partial charge in [-0.2, -0.15) is 0 Å². The standard InChI is InChI=1S/C48H78O39/c49-1-9-31-17(57)24(64)41(71-9)81-32-10(2-50)73-43(26(66)18(32)58)83-34-12(4-52)75-45(28(68)20(34)60)85-36-14(6-54)77-47(30(70)22(36)62)87-38-16(8-56)78-48(40-39(38)79-40)86-37-15(7-55)76-46(29(69)23(37)63)84-35-13(5-53)74-44(27(67)21(35)61)82-33-11(3-51)72-42(80-31)25(65)19(33)59/h9-70H,1-8H2/t9-,10-,11-,12+,13+,14-,15-,16-,17-,18-,19-,20-,21-,22-,23-,24-,25-,26-,27-,28-,29-,30+,31-,32-,33-,34-,35-,36-,37-,38-,39+,40+,41-,42-,43-,44-,45-,46-,47-,48-/m1/s1. The minimum absolute atomic E-state index is 0.855. The summed E-state index contributed by atoms with van der Waals surface area (Å²) in [6.07, 6.45) is -75.8. The van der Waals surface area contributed by atoms with E-state index in [2.05, 4.69) is 0 Å². The molecule has 87 heavy (non-hydrogen) atoms. The molecule has 28 aliphatic rings. The molecule has 28 aliphatic heterocycles. The van der Waals surface area contributed by atoms with Gasteiger partial charge in [0, 0.05) is 0 Å². The van der Waals surface area contributed by atoms with E-state index in [1.165, 1.54) is 0 Å². The molecule has 39 heteroatoms. The zero-order chi connectivity index (χ0) is 62.8. The van der Waals surface area contributed by atoms with Crippen LogP contribution in [0.15, 0.2) is 0 Å². The van der Waals surface area contributed by atoms with Crippen LogP contribution in [-0.2, 0) is 80.5 Å². The van der Waals surface area contributed by atoms with Crippen molar-refractivity contribution in [1.29, 1.82) is 0 Å². The Bertz CT molecular complexity index is 2150. The fourth-order valence-electron chi connectivity index (χ4n) is 12.2. The molecule has 22 N–H and O–H groups in total. The Morgan fingerprint density at radius 2 is 0.287 bits per heavy atom. The molecule has 39 nitrogen and oxygen atoms in total. The summed E-state index contributed by atoms with van der Waals surface area (Å²) < 4.78 is 98.1. The molecule has 28 fully saturated rings. The summed E-state index contributed by atoms with van der Waals surface area (Å²) in [4.78, 5) is 0. The van der Waals surface area contributed by atoms with Crippen LogP contribution in [0, 0.1) is 0 Å². The van der Waals surface area contributed by atoms with Crippen molar-refractivity contribution >= 4 is 0 Å². The van der Waals surface area contributed by atoms with Crippen LogP contribution < -0.4 is 0 Å². The van der Waals surface area contributed by atoms with E-state index < -0.39 is 299 Å². The van der Waals surface area contributed by atoms with Crippen LogP contribution >= 0.6 is 0 Å². The van der Waals surface area contributed by atoms with Crippen LogP contribution in [0.25, 0.3) is 0 Å². The summed E-state index contributed by atoms with van der Waals surface area (Å²) in [6, 6.07) is 0. The fraction of sp³-hybridized carbons (Fsp3) is 1.00. The van der Waals surface area contributed by atoms with Crippen LogP contribution in [0.4, 0.5) is 0 Å². The highest BCUT2D eigenvalue weighted by Gasteiger charge is 2.64. The van der Waals surface area contributed by atoms with Gasteiger partial charge in [0.1, 0.15) is 195 Å². The van der Waals surface area contributed by atoms with E-state index in [0.29, 0.717) is 0 Å². The van der Waals surface area contributed by atoms with Gasteiger partial charge in [0.15, 0.2) is 50.3 Å². The summed E-state index contributed by atoms with van der Waals surface area (Å²) >= 11 is 0. The average Bonchev–Trinajstić information content (AvgIpc) is 1.74. The second-order valence-electron chi connectivity index (χ2n) is 22.5. The van der Waals surface area contributed by atoms with Crippen molar-refractivity contribution in [3.05, 3.63) is 0 Å². The number of epoxide rings is 1. The summed E-state index contributed by atoms with van der Waals surface area (Å²) in [5.74, 6) is 0. The molecule has 0 spiro atoms. The monoisotopic (exact) mass is 1280 g/mol. The van der Waals surface area contributed by atoms with Crippen LogP contribution in [-0.4, -0.2) is 411 Å². The molecule has 0 radical (unpaired) electrons. The Morgan fingerprint density at radius 3 is 0.471 bits per heavy atom. The van der Waals surface area contributed by atoms with Gasteiger partial charge in [-0.15, -0.1) is 0 Å². The maximum Gasteiger partial charge on any atom is 0.187 e. The molecule has 0 unspecified atom stereocenters. The zero-order valence-corrected chi connectivity index (χ0v) is 45.5. The SMILES string of the molecule is OC[C@@H]1O[C@@H]2O[C@H]3[C@H](O)[C@H](O)[C@@H](O[C@H]4[C@@H]5O[C@@H]5[C@@H](O[C@H]5[C@H](O)[C@@H](O)[C@@H](O[C@H]6[C@H](O)[C@@H](O)[C@@H](O[C@H]7[C@H](O)[C@@H](O)[C@@H](O[C@H]8[C@H](O)[C@@H](O)[C@@H](O[C@H]9[C@H](O)[C@@H](O)[C@@H](O[C@H]1[C@H](O)[C@H]2O)O[C@@H]9CO)O[C@@H]8CO)O[C@@H]7CO)O[C@H]6CO)O[C@@H]5CO)O[C@@H]4CO)O[C@@H]3CO. The molecule has 0 aromatic rings. The highest BCUT2D eigenvalue weighted by Crippen LogP contribution is 2.44. The van der Waals surface area contributed by atoms with E-state index >= 15 is 0 Å². The van der Waals surface area contributed by atoms with Crippen molar-refractivity contribution in [2.75, 3.05) is 52.9 Å². The van der Waals surface area contributed by atoms with E-state index in [0.717, 1.165) is 0 Å². The summed E-state index contributed by atoms with van der Waals surface area (Å²) in [5, 5.41) is 243. The van der Waals surface area contributed by atoms with Gasteiger partial charge in [0.25, 0.3) is 0 Å². The number of hydrogen-bond acceptors (Lipinski definition) is 39. The minimum atomic E-state index is -2.23. The molecule has 504 valence electrons. The number of aliphatic hydroxyl groups is 22. The number of hydrogen-bond donors (Lipinski definition) is 22. The number of aliphatic hydroxyl groups excluding tert-OH is 22. The van der Waals surface area contributed by atoms with Crippen molar-refractivity contribution in [3.63, 3.8) is 0 Å². The largest absolute Gasteiger partial charge is 0.394 e. The molecule has 28 heterocycles. The lowest BCUT2D eigenvalue weighted by Crippen LogP contribution is -2.68. The van der Waals surface area contributed by atoms with Crippen molar-refractivity contribution in [3.8, 4) is 0 Å². The lowest BCUT2D eigenvalue weighted by Gasteiger charge is -2.50. The Morgan fingerprint density at radius 1 is 0.138 bits per heavy atom. The first-order valence-corrected chi connectivity index (χ1v) is 28.1. The maximum atomic E-state index is 11.4. The molecule has 0 saturated carbocycles. The van der Waals surface area contributed by atoms with Gasteiger partial charge in [0.05, 0.1) is 52.9 Å². The predicted molar refractivity (Wildman–Crippen MR) is 258 cm³/mol. The topological polar surface area (TPSA) is 605 Å². The average molecular weight is 1280 g/mol. The van der Waals surface area contributed by atoms with Gasteiger partial charge in [-0.1, -0.05) is 0 Å². The quantitative estimate of drug-likeness (QED) is 0.100. The Labute approximate surface area is 490 Å². The molecule has 28 rings (SSSR count). The van der Waals surface area contributed by atoms with Gasteiger partial charge in [-0.3, -0.25) is 0 Å². The molecule has 0 amide bonds. The minimum Gasteiger partial charge on any atom is -0.394 e. The normalized spacial score (nSPS) is 56.2. The zero-order valence-electron chi connectivity index (χ0n) is 45.5. The van der Waals surface area contributed by atoms with E-state index in [1.54, 1.807) is 0 Å². The summed E-state index contributed by atoms with van der Waals surface area (Å²) in [6.45, 7) is -8.06. The van der Waals surface area contributed by atoms with Crippen LogP contribution in [0.3, 0.4) is 0 Å². The molecule has 0 aromatic carbocycles. The lowest BCUT2D eigenvalue weighted by atomic mass is 9.95. The third kappa shape index (κ3) is 13.2. The van der Waals surface area contributed by atoms with Crippen molar-refractivity contribution in [2.45, 2.75) is 246 Å². The molecule has 16 bridgehead atoms. The Balaban J connectivity index is 0.898. The first kappa shape index (κ1) is 68.3. The van der Waals surface area contributed by atoms with Gasteiger partial charge in [-0.25, -0.2) is 0 Å². The van der Waals surface area contributed by atoms with Crippen molar-refractivity contribution < 1.29 is 193 Å². The Kier molecular flexibility index (Phi) is 22.4. The first-order chi connectivity index (χ1) is 41.6.